The minimum Gasteiger partial charge on any atom is -0.393 e. The van der Waals surface area contributed by atoms with Crippen LogP contribution in [0.1, 0.15) is 64.7 Å². The number of rotatable bonds is 2. The second kappa shape index (κ2) is 6.33. The number of ether oxygens (including phenoxy) is 1. The molecule has 0 bridgehead atoms. The third-order valence-electron chi connectivity index (χ3n) is 6.00. The summed E-state index contributed by atoms with van der Waals surface area (Å²) >= 11 is 0. The Morgan fingerprint density at radius 3 is 2.75 bits per heavy atom. The van der Waals surface area contributed by atoms with Gasteiger partial charge in [-0.25, -0.2) is 0 Å². The first-order chi connectivity index (χ1) is 9.72. The lowest BCUT2D eigenvalue weighted by Gasteiger charge is -2.48. The van der Waals surface area contributed by atoms with Gasteiger partial charge in [0.2, 0.25) is 0 Å². The summed E-state index contributed by atoms with van der Waals surface area (Å²) < 4.78 is 6.23. The Bertz CT molecular complexity index is 309. The number of likely N-dealkylation sites (tertiary alicyclic amines) is 1. The molecule has 1 saturated carbocycles. The van der Waals surface area contributed by atoms with E-state index in [-0.39, 0.29) is 11.7 Å². The van der Waals surface area contributed by atoms with Gasteiger partial charge in [0, 0.05) is 25.7 Å². The van der Waals surface area contributed by atoms with Gasteiger partial charge in [0.1, 0.15) is 0 Å². The van der Waals surface area contributed by atoms with Gasteiger partial charge < -0.3 is 9.84 Å². The highest BCUT2D eigenvalue weighted by Gasteiger charge is 2.41. The van der Waals surface area contributed by atoms with Crippen molar-refractivity contribution < 1.29 is 9.84 Å². The van der Waals surface area contributed by atoms with Gasteiger partial charge in [-0.2, -0.15) is 0 Å². The summed E-state index contributed by atoms with van der Waals surface area (Å²) in [5.41, 5.74) is 0.207. The maximum atomic E-state index is 10.1. The Hall–Kier alpha value is -0.120. The number of piperidine rings is 1. The number of aliphatic hydroxyl groups excluding tert-OH is 1. The fourth-order valence-corrected chi connectivity index (χ4v) is 4.64. The molecule has 0 aromatic carbocycles. The highest BCUT2D eigenvalue weighted by Crippen LogP contribution is 2.40. The molecule has 3 unspecified atom stereocenters. The molecule has 2 aliphatic heterocycles. The molecule has 20 heavy (non-hydrogen) atoms. The zero-order chi connectivity index (χ0) is 14.0. The molecule has 2 heterocycles. The lowest BCUT2D eigenvalue weighted by Crippen LogP contribution is -2.53. The molecule has 3 atom stereocenters. The summed E-state index contributed by atoms with van der Waals surface area (Å²) in [6, 6.07) is 0.698. The number of aliphatic hydroxyl groups is 1. The van der Waals surface area contributed by atoms with Crippen molar-refractivity contribution >= 4 is 0 Å². The van der Waals surface area contributed by atoms with Crippen molar-refractivity contribution in [2.24, 2.45) is 5.92 Å². The molecule has 1 N–H and O–H groups in total. The van der Waals surface area contributed by atoms with E-state index in [1.165, 1.54) is 44.9 Å². The first-order valence-corrected chi connectivity index (χ1v) is 8.78. The summed E-state index contributed by atoms with van der Waals surface area (Å²) in [6.07, 6.45) is 11.1. The minimum absolute atomic E-state index is 0.0697. The smallest absolute Gasteiger partial charge is 0.0697 e. The van der Waals surface area contributed by atoms with Crippen molar-refractivity contribution in [1.29, 1.82) is 0 Å². The van der Waals surface area contributed by atoms with E-state index >= 15 is 0 Å². The van der Waals surface area contributed by atoms with Crippen molar-refractivity contribution in [2.75, 3.05) is 19.7 Å². The van der Waals surface area contributed by atoms with E-state index in [0.717, 1.165) is 32.5 Å². The van der Waals surface area contributed by atoms with Gasteiger partial charge in [-0.1, -0.05) is 26.2 Å². The standard InChI is InChI=1S/C17H31NO2/c1-2-14-13-18(10-6-16(14)19)15-7-11-20-17(12-15)8-4-3-5-9-17/h14-16,19H,2-13H2,1H3. The maximum Gasteiger partial charge on any atom is 0.0697 e. The molecule has 2 saturated heterocycles. The topological polar surface area (TPSA) is 32.7 Å². The molecular formula is C17H31NO2. The second-order valence-electron chi connectivity index (χ2n) is 7.26. The molecule has 3 aliphatic rings. The Labute approximate surface area is 123 Å². The van der Waals surface area contributed by atoms with E-state index < -0.39 is 0 Å². The van der Waals surface area contributed by atoms with Crippen LogP contribution in [-0.4, -0.2) is 47.4 Å². The highest BCUT2D eigenvalue weighted by atomic mass is 16.5. The third-order valence-corrected chi connectivity index (χ3v) is 6.00. The fraction of sp³-hybridized carbons (Fsp3) is 1.00. The second-order valence-corrected chi connectivity index (χ2v) is 7.26. The van der Waals surface area contributed by atoms with Crippen LogP contribution in [0.15, 0.2) is 0 Å². The van der Waals surface area contributed by atoms with Gasteiger partial charge in [0.25, 0.3) is 0 Å². The van der Waals surface area contributed by atoms with Gasteiger partial charge >= 0.3 is 0 Å². The zero-order valence-electron chi connectivity index (χ0n) is 13.0. The Balaban J connectivity index is 1.61. The van der Waals surface area contributed by atoms with Crippen LogP contribution in [0.4, 0.5) is 0 Å². The molecule has 0 aromatic heterocycles. The Morgan fingerprint density at radius 2 is 2.00 bits per heavy atom. The van der Waals surface area contributed by atoms with E-state index in [1.54, 1.807) is 0 Å². The molecule has 116 valence electrons. The summed E-state index contributed by atoms with van der Waals surface area (Å²) in [7, 11) is 0. The van der Waals surface area contributed by atoms with E-state index in [0.29, 0.717) is 12.0 Å². The average molecular weight is 281 g/mol. The molecule has 3 rings (SSSR count). The molecular weight excluding hydrogens is 250 g/mol. The van der Waals surface area contributed by atoms with Crippen LogP contribution in [0.2, 0.25) is 0 Å². The maximum absolute atomic E-state index is 10.1. The molecule has 3 nitrogen and oxygen atoms in total. The number of nitrogens with zero attached hydrogens (tertiary/aromatic N) is 1. The largest absolute Gasteiger partial charge is 0.393 e. The van der Waals surface area contributed by atoms with Gasteiger partial charge in [0.15, 0.2) is 0 Å². The highest BCUT2D eigenvalue weighted by molar-refractivity contribution is 4.94. The Morgan fingerprint density at radius 1 is 1.20 bits per heavy atom. The van der Waals surface area contributed by atoms with Crippen molar-refractivity contribution in [2.45, 2.75) is 82.5 Å². The van der Waals surface area contributed by atoms with Crippen LogP contribution in [0.3, 0.4) is 0 Å². The monoisotopic (exact) mass is 281 g/mol. The molecule has 3 fully saturated rings. The summed E-state index contributed by atoms with van der Waals surface area (Å²) in [5, 5.41) is 10.1. The third kappa shape index (κ3) is 3.05. The van der Waals surface area contributed by atoms with Gasteiger partial charge in [0.05, 0.1) is 11.7 Å². The fourth-order valence-electron chi connectivity index (χ4n) is 4.64. The van der Waals surface area contributed by atoms with Crippen LogP contribution in [-0.2, 0) is 4.74 Å². The van der Waals surface area contributed by atoms with E-state index in [4.69, 9.17) is 4.74 Å². The van der Waals surface area contributed by atoms with E-state index in [2.05, 4.69) is 11.8 Å². The normalized spacial score (nSPS) is 39.0. The Kier molecular flexibility index (Phi) is 4.68. The lowest BCUT2D eigenvalue weighted by atomic mass is 9.77. The summed E-state index contributed by atoms with van der Waals surface area (Å²) in [5.74, 6) is 0.480. The summed E-state index contributed by atoms with van der Waals surface area (Å²) in [6.45, 7) is 5.33. The molecule has 1 spiro atoms. The van der Waals surface area contributed by atoms with Gasteiger partial charge in [-0.3, -0.25) is 4.90 Å². The SMILES string of the molecule is CCC1CN(C2CCOC3(CCCCC3)C2)CCC1O. The number of hydrogen-bond acceptors (Lipinski definition) is 3. The predicted octanol–water partition coefficient (Wildman–Crippen LogP) is 2.96. The lowest BCUT2D eigenvalue weighted by molar-refractivity contribution is -0.131. The molecule has 0 amide bonds. The van der Waals surface area contributed by atoms with Crippen LogP contribution < -0.4 is 0 Å². The molecule has 0 radical (unpaired) electrons. The van der Waals surface area contributed by atoms with Crippen LogP contribution in [0.25, 0.3) is 0 Å². The minimum atomic E-state index is -0.0697. The van der Waals surface area contributed by atoms with Gasteiger partial charge in [-0.05, 0) is 44.4 Å². The van der Waals surface area contributed by atoms with Crippen LogP contribution in [0.5, 0.6) is 0 Å². The first kappa shape index (κ1) is 14.8. The molecule has 3 heteroatoms. The number of hydrogen-bond donors (Lipinski definition) is 1. The van der Waals surface area contributed by atoms with Crippen molar-refractivity contribution in [3.63, 3.8) is 0 Å². The van der Waals surface area contributed by atoms with Crippen LogP contribution >= 0.6 is 0 Å². The molecule has 1 aliphatic carbocycles. The zero-order valence-corrected chi connectivity index (χ0v) is 13.0. The summed E-state index contributed by atoms with van der Waals surface area (Å²) in [4.78, 5) is 2.67. The van der Waals surface area contributed by atoms with E-state index in [9.17, 15) is 5.11 Å². The van der Waals surface area contributed by atoms with Crippen molar-refractivity contribution in [1.82, 2.24) is 4.90 Å². The van der Waals surface area contributed by atoms with E-state index in [1.807, 2.05) is 0 Å². The quantitative estimate of drug-likeness (QED) is 0.844. The van der Waals surface area contributed by atoms with Crippen LogP contribution in [0, 0.1) is 5.92 Å². The average Bonchev–Trinajstić information content (AvgIpc) is 2.48. The van der Waals surface area contributed by atoms with Crippen molar-refractivity contribution in [3.05, 3.63) is 0 Å². The first-order valence-electron chi connectivity index (χ1n) is 8.78. The van der Waals surface area contributed by atoms with Gasteiger partial charge in [-0.15, -0.1) is 0 Å². The molecule has 0 aromatic rings. The predicted molar refractivity (Wildman–Crippen MR) is 80.8 cm³/mol. The van der Waals surface area contributed by atoms with Crippen molar-refractivity contribution in [3.8, 4) is 0 Å².